The van der Waals surface area contributed by atoms with Crippen LogP contribution in [-0.4, -0.2) is 46.3 Å². The molecule has 2 unspecified atom stereocenters. The molecule has 1 aromatic rings. The summed E-state index contributed by atoms with van der Waals surface area (Å²) in [5.41, 5.74) is 2.22. The monoisotopic (exact) mass is 421 g/mol. The Labute approximate surface area is 145 Å². The Hall–Kier alpha value is -0.720. The van der Waals surface area contributed by atoms with E-state index in [1.165, 1.54) is 10.5 Å². The van der Waals surface area contributed by atoms with Crippen LogP contribution in [0.15, 0.2) is 18.2 Å². The third kappa shape index (κ3) is 3.93. The quantitative estimate of drug-likeness (QED) is 0.592. The molecule has 1 aliphatic rings. The molecular formula is C15H21Br2NO3. The first-order chi connectivity index (χ1) is 9.60. The molecule has 1 aromatic carbocycles. The Morgan fingerprint density at radius 3 is 2.10 bits per heavy atom. The Kier molecular flexibility index (Phi) is 7.03. The molecule has 0 saturated heterocycles. The minimum Gasteiger partial charge on any atom is -1.00 e. The average molecular weight is 423 g/mol. The summed E-state index contributed by atoms with van der Waals surface area (Å²) in [6.07, 6.45) is 2.24. The highest BCUT2D eigenvalue weighted by atomic mass is 79.9. The molecule has 0 bridgehead atoms. The van der Waals surface area contributed by atoms with Crippen molar-refractivity contribution in [3.63, 3.8) is 0 Å². The van der Waals surface area contributed by atoms with Gasteiger partial charge in [0.05, 0.1) is 51.9 Å². The zero-order valence-corrected chi connectivity index (χ0v) is 15.9. The molecular weight excluding hydrogens is 402 g/mol. The molecule has 0 radical (unpaired) electrons. The van der Waals surface area contributed by atoms with Gasteiger partial charge in [-0.15, -0.1) is 0 Å². The topological polar surface area (TPSA) is 32.1 Å². The maximum Gasteiger partial charge on any atom is 0.133 e. The van der Waals surface area contributed by atoms with Crippen LogP contribution in [0.25, 0.3) is 5.57 Å². The molecule has 0 spiro atoms. The van der Waals surface area contributed by atoms with Gasteiger partial charge in [0.15, 0.2) is 0 Å². The van der Waals surface area contributed by atoms with Crippen molar-refractivity contribution in [2.45, 2.75) is 4.83 Å². The van der Waals surface area contributed by atoms with E-state index in [1.54, 1.807) is 21.3 Å². The smallest absolute Gasteiger partial charge is 0.133 e. The van der Waals surface area contributed by atoms with Crippen molar-refractivity contribution in [3.05, 3.63) is 23.8 Å². The number of nitrogens with one attached hydrogen (secondary N) is 1. The van der Waals surface area contributed by atoms with Crippen LogP contribution in [0.3, 0.4) is 0 Å². The summed E-state index contributed by atoms with van der Waals surface area (Å²) in [7, 11) is 7.16. The molecule has 2 atom stereocenters. The van der Waals surface area contributed by atoms with Crippen molar-refractivity contribution in [2.75, 3.05) is 41.5 Å². The number of likely N-dealkylation sites (N-methyl/N-ethyl adjacent to an activating group) is 1. The second-order valence-electron chi connectivity index (χ2n) is 4.90. The Bertz CT molecular complexity index is 495. The zero-order chi connectivity index (χ0) is 14.7. The first-order valence-corrected chi connectivity index (χ1v) is 7.48. The molecule has 0 aromatic heterocycles. The number of halogens is 2. The predicted molar refractivity (Wildman–Crippen MR) is 83.4 cm³/mol. The van der Waals surface area contributed by atoms with Crippen molar-refractivity contribution in [1.82, 2.24) is 0 Å². The molecule has 0 saturated carbocycles. The van der Waals surface area contributed by atoms with E-state index >= 15 is 0 Å². The van der Waals surface area contributed by atoms with E-state index in [-0.39, 0.29) is 21.8 Å². The van der Waals surface area contributed by atoms with Gasteiger partial charge in [-0.2, -0.15) is 0 Å². The van der Waals surface area contributed by atoms with Crippen LogP contribution in [0.4, 0.5) is 0 Å². The first-order valence-electron chi connectivity index (χ1n) is 6.56. The molecule has 4 nitrogen and oxygen atoms in total. The summed E-state index contributed by atoms with van der Waals surface area (Å²) >= 11 is 3.76. The molecule has 1 heterocycles. The van der Waals surface area contributed by atoms with Crippen LogP contribution in [0, 0.1) is 0 Å². The van der Waals surface area contributed by atoms with E-state index in [0.717, 1.165) is 35.9 Å². The van der Waals surface area contributed by atoms with E-state index in [4.69, 9.17) is 14.2 Å². The highest BCUT2D eigenvalue weighted by molar-refractivity contribution is 9.09. The van der Waals surface area contributed by atoms with Crippen molar-refractivity contribution < 1.29 is 36.1 Å². The molecule has 118 valence electrons. The second kappa shape index (κ2) is 8.06. The molecule has 0 amide bonds. The first kappa shape index (κ1) is 18.3. The summed E-state index contributed by atoms with van der Waals surface area (Å²) in [6, 6.07) is 3.78. The van der Waals surface area contributed by atoms with Gasteiger partial charge in [-0.1, -0.05) is 15.9 Å². The van der Waals surface area contributed by atoms with E-state index in [0.29, 0.717) is 0 Å². The van der Waals surface area contributed by atoms with Crippen molar-refractivity contribution >= 4 is 21.5 Å². The normalized spacial score (nSPS) is 21.1. The van der Waals surface area contributed by atoms with Gasteiger partial charge < -0.3 is 36.1 Å². The van der Waals surface area contributed by atoms with Crippen LogP contribution in [0.2, 0.25) is 0 Å². The van der Waals surface area contributed by atoms with Gasteiger partial charge in [0, 0.05) is 12.1 Å². The van der Waals surface area contributed by atoms with Gasteiger partial charge in [0.1, 0.15) is 17.2 Å². The zero-order valence-electron chi connectivity index (χ0n) is 12.7. The molecule has 2 rings (SSSR count). The molecule has 1 aliphatic heterocycles. The van der Waals surface area contributed by atoms with Crippen LogP contribution in [0.5, 0.6) is 17.2 Å². The molecule has 0 fully saturated rings. The Morgan fingerprint density at radius 1 is 1.10 bits per heavy atom. The molecule has 1 N–H and O–H groups in total. The molecule has 6 heteroatoms. The van der Waals surface area contributed by atoms with Crippen molar-refractivity contribution in [3.8, 4) is 17.2 Å². The van der Waals surface area contributed by atoms with E-state index in [2.05, 4.69) is 29.1 Å². The number of hydrogen-bond acceptors (Lipinski definition) is 3. The Balaban J connectivity index is 0.00000220. The van der Waals surface area contributed by atoms with Crippen LogP contribution in [-0.2, 0) is 0 Å². The summed E-state index contributed by atoms with van der Waals surface area (Å²) < 4.78 is 16.4. The lowest BCUT2D eigenvalue weighted by Gasteiger charge is -2.26. The maximum absolute atomic E-state index is 5.53. The molecule has 0 aliphatic carbocycles. The minimum atomic E-state index is 0. The maximum atomic E-state index is 5.53. The van der Waals surface area contributed by atoms with Gasteiger partial charge in [-0.05, 0) is 11.6 Å². The number of ether oxygens (including phenoxy) is 3. The van der Waals surface area contributed by atoms with Gasteiger partial charge in [-0.3, -0.25) is 0 Å². The summed E-state index contributed by atoms with van der Waals surface area (Å²) in [4.78, 5) is 1.76. The van der Waals surface area contributed by atoms with E-state index in [1.807, 2.05) is 12.1 Å². The molecule has 21 heavy (non-hydrogen) atoms. The number of methoxy groups -OCH3 is 3. The third-order valence-electron chi connectivity index (χ3n) is 3.54. The fraction of sp³-hybridized carbons (Fsp3) is 0.467. The summed E-state index contributed by atoms with van der Waals surface area (Å²) in [5, 5.41) is 0. The van der Waals surface area contributed by atoms with Crippen LogP contribution in [0.1, 0.15) is 5.56 Å². The highest BCUT2D eigenvalue weighted by Gasteiger charge is 2.27. The lowest BCUT2D eigenvalue weighted by Crippen LogP contribution is -3.10. The number of alkyl halides is 1. The largest absolute Gasteiger partial charge is 1.00 e. The number of benzene rings is 1. The van der Waals surface area contributed by atoms with E-state index in [9.17, 15) is 0 Å². The van der Waals surface area contributed by atoms with Crippen LogP contribution < -0.4 is 36.1 Å². The van der Waals surface area contributed by atoms with Crippen molar-refractivity contribution in [2.24, 2.45) is 0 Å². The SMILES string of the molecule is COc1cc(OC)c(C2=CC[NH+](C)CC2Br)c(OC)c1.[Br-]. The Morgan fingerprint density at radius 2 is 1.67 bits per heavy atom. The van der Waals surface area contributed by atoms with Crippen molar-refractivity contribution in [1.29, 1.82) is 0 Å². The third-order valence-corrected chi connectivity index (χ3v) is 4.36. The summed E-state index contributed by atoms with van der Waals surface area (Å²) in [5.74, 6) is 2.28. The van der Waals surface area contributed by atoms with Gasteiger partial charge in [0.25, 0.3) is 0 Å². The van der Waals surface area contributed by atoms with Gasteiger partial charge in [0.2, 0.25) is 0 Å². The van der Waals surface area contributed by atoms with Gasteiger partial charge >= 0.3 is 0 Å². The fourth-order valence-corrected chi connectivity index (χ4v) is 3.43. The minimum absolute atomic E-state index is 0. The standard InChI is InChI=1S/C15H20BrNO3.BrH/c1-17-6-5-11(12(16)9-17)15-13(19-3)7-10(18-2)8-14(15)20-4;/h5,7-8,12H,6,9H2,1-4H3;1H. The number of quaternary nitrogens is 1. The summed E-state index contributed by atoms with van der Waals surface area (Å²) in [6.45, 7) is 2.03. The lowest BCUT2D eigenvalue weighted by atomic mass is 9.97. The second-order valence-corrected chi connectivity index (χ2v) is 6.00. The van der Waals surface area contributed by atoms with Crippen LogP contribution >= 0.6 is 15.9 Å². The number of rotatable bonds is 4. The van der Waals surface area contributed by atoms with Gasteiger partial charge in [-0.25, -0.2) is 0 Å². The highest BCUT2D eigenvalue weighted by Crippen LogP contribution is 2.41. The lowest BCUT2D eigenvalue weighted by molar-refractivity contribution is -0.873. The average Bonchev–Trinajstić information content (AvgIpc) is 2.46. The fourth-order valence-electron chi connectivity index (χ4n) is 2.46. The predicted octanol–water partition coefficient (Wildman–Crippen LogP) is -1.61. The van der Waals surface area contributed by atoms with E-state index < -0.39 is 0 Å². The number of hydrogen-bond donors (Lipinski definition) is 1.